The van der Waals surface area contributed by atoms with Crippen molar-refractivity contribution in [3.05, 3.63) is 96.4 Å². The minimum atomic E-state index is -0.127. The van der Waals surface area contributed by atoms with Crippen molar-refractivity contribution in [2.75, 3.05) is 7.11 Å². The van der Waals surface area contributed by atoms with Gasteiger partial charge in [0.1, 0.15) is 11.4 Å². The summed E-state index contributed by atoms with van der Waals surface area (Å²) in [4.78, 5) is 16.8. The summed E-state index contributed by atoms with van der Waals surface area (Å²) in [6.07, 6.45) is 3.36. The van der Waals surface area contributed by atoms with E-state index in [1.165, 1.54) is 0 Å². The topological polar surface area (TPSA) is 64.4 Å². The van der Waals surface area contributed by atoms with E-state index in [-0.39, 0.29) is 5.91 Å². The van der Waals surface area contributed by atoms with E-state index < -0.39 is 0 Å². The number of pyridine rings is 1. The van der Waals surface area contributed by atoms with Crippen molar-refractivity contribution in [2.24, 2.45) is 0 Å². The van der Waals surface area contributed by atoms with Gasteiger partial charge in [0.2, 0.25) is 0 Å². The van der Waals surface area contributed by atoms with Crippen molar-refractivity contribution in [3.8, 4) is 28.3 Å². The summed E-state index contributed by atoms with van der Waals surface area (Å²) in [5.41, 5.74) is 4.36. The summed E-state index contributed by atoms with van der Waals surface area (Å²) < 4.78 is 10.6. The molecule has 0 aliphatic carbocycles. The molecule has 0 bridgehead atoms. The Morgan fingerprint density at radius 1 is 1.00 bits per heavy atom. The fourth-order valence-corrected chi connectivity index (χ4v) is 3.00. The van der Waals surface area contributed by atoms with Gasteiger partial charge in [-0.05, 0) is 59.2 Å². The summed E-state index contributed by atoms with van der Waals surface area (Å²) in [5, 5.41) is 2.92. The number of hydrogen-bond acceptors (Lipinski definition) is 4. The molecule has 29 heavy (non-hydrogen) atoms. The Kier molecular flexibility index (Phi) is 5.38. The third-order valence-corrected chi connectivity index (χ3v) is 4.60. The van der Waals surface area contributed by atoms with Crippen LogP contribution in [0.5, 0.6) is 5.75 Å². The zero-order valence-corrected chi connectivity index (χ0v) is 16.0. The van der Waals surface area contributed by atoms with Gasteiger partial charge in [-0.2, -0.15) is 0 Å². The highest BCUT2D eigenvalue weighted by atomic mass is 16.5. The Bertz CT molecular complexity index is 1090. The fourth-order valence-electron chi connectivity index (χ4n) is 3.00. The number of benzene rings is 2. The van der Waals surface area contributed by atoms with Crippen LogP contribution in [0.1, 0.15) is 15.9 Å². The normalized spacial score (nSPS) is 10.5. The molecule has 0 saturated heterocycles. The van der Waals surface area contributed by atoms with Gasteiger partial charge in [-0.15, -0.1) is 0 Å². The van der Waals surface area contributed by atoms with E-state index in [1.54, 1.807) is 19.6 Å². The summed E-state index contributed by atoms with van der Waals surface area (Å²) >= 11 is 0. The summed E-state index contributed by atoms with van der Waals surface area (Å²) in [7, 11) is 1.65. The van der Waals surface area contributed by atoms with Crippen LogP contribution in [0.4, 0.5) is 0 Å². The fraction of sp³-hybridized carbons (Fsp3) is 0.0833. The molecule has 0 spiro atoms. The number of hydrogen-bond donors (Lipinski definition) is 1. The molecule has 1 amide bonds. The van der Waals surface area contributed by atoms with E-state index >= 15 is 0 Å². The Morgan fingerprint density at radius 3 is 2.55 bits per heavy atom. The first-order valence-corrected chi connectivity index (χ1v) is 9.24. The number of carbonyl (C=O) groups is 1. The van der Waals surface area contributed by atoms with Crippen LogP contribution in [0.3, 0.4) is 0 Å². The molecule has 4 rings (SSSR count). The summed E-state index contributed by atoms with van der Waals surface area (Å²) in [6, 6.07) is 22.8. The van der Waals surface area contributed by atoms with Crippen LogP contribution in [0.25, 0.3) is 22.6 Å². The first-order chi connectivity index (χ1) is 14.2. The molecular weight excluding hydrogens is 364 g/mol. The molecule has 0 radical (unpaired) electrons. The van der Waals surface area contributed by atoms with Crippen LogP contribution in [0.2, 0.25) is 0 Å². The van der Waals surface area contributed by atoms with Crippen LogP contribution < -0.4 is 10.1 Å². The van der Waals surface area contributed by atoms with Crippen LogP contribution in [-0.2, 0) is 6.54 Å². The van der Waals surface area contributed by atoms with Crippen LogP contribution in [-0.4, -0.2) is 18.0 Å². The molecule has 0 unspecified atom stereocenters. The molecule has 1 N–H and O–H groups in total. The molecule has 144 valence electrons. The first kappa shape index (κ1) is 18.5. The van der Waals surface area contributed by atoms with Crippen molar-refractivity contribution >= 4 is 5.91 Å². The molecule has 0 atom stereocenters. The molecule has 0 fully saturated rings. The van der Waals surface area contributed by atoms with Gasteiger partial charge in [-0.3, -0.25) is 9.78 Å². The smallest absolute Gasteiger partial charge is 0.251 e. The number of carbonyl (C=O) groups excluding carboxylic acids is 1. The van der Waals surface area contributed by atoms with Gasteiger partial charge < -0.3 is 14.5 Å². The van der Waals surface area contributed by atoms with E-state index in [0.717, 1.165) is 33.9 Å². The van der Waals surface area contributed by atoms with E-state index in [9.17, 15) is 4.79 Å². The van der Waals surface area contributed by atoms with Crippen LogP contribution in [0, 0.1) is 0 Å². The molecule has 2 aromatic heterocycles. The average molecular weight is 384 g/mol. The van der Waals surface area contributed by atoms with Gasteiger partial charge in [0, 0.05) is 18.3 Å². The number of rotatable bonds is 6. The van der Waals surface area contributed by atoms with Crippen molar-refractivity contribution in [2.45, 2.75) is 6.54 Å². The lowest BCUT2D eigenvalue weighted by Crippen LogP contribution is -2.22. The van der Waals surface area contributed by atoms with Gasteiger partial charge in [0.05, 0.1) is 13.4 Å². The van der Waals surface area contributed by atoms with Gasteiger partial charge in [0.15, 0.2) is 5.76 Å². The minimum absolute atomic E-state index is 0.127. The van der Waals surface area contributed by atoms with E-state index in [1.807, 2.05) is 72.8 Å². The van der Waals surface area contributed by atoms with Crippen molar-refractivity contribution in [1.29, 1.82) is 0 Å². The standard InChI is InChI=1S/C24H20N2O3/c1-28-21-5-2-4-20(14-21)18-8-10-19(11-9-18)24(27)26-16-17-7-12-22(25-15-17)23-6-3-13-29-23/h2-15H,16H2,1H3,(H,26,27). The van der Waals surface area contributed by atoms with Gasteiger partial charge in [-0.1, -0.05) is 30.3 Å². The largest absolute Gasteiger partial charge is 0.497 e. The second-order valence-electron chi connectivity index (χ2n) is 6.52. The highest BCUT2D eigenvalue weighted by Crippen LogP contribution is 2.24. The quantitative estimate of drug-likeness (QED) is 0.511. The predicted octanol–water partition coefficient (Wildman–Crippen LogP) is 4.95. The zero-order valence-electron chi connectivity index (χ0n) is 16.0. The monoisotopic (exact) mass is 384 g/mol. The second-order valence-corrected chi connectivity index (χ2v) is 6.52. The molecule has 0 aliphatic rings. The maximum Gasteiger partial charge on any atom is 0.251 e. The van der Waals surface area contributed by atoms with Crippen LogP contribution >= 0.6 is 0 Å². The Morgan fingerprint density at radius 2 is 1.86 bits per heavy atom. The maximum atomic E-state index is 12.5. The highest BCUT2D eigenvalue weighted by molar-refractivity contribution is 5.94. The lowest BCUT2D eigenvalue weighted by atomic mass is 10.0. The van der Waals surface area contributed by atoms with Gasteiger partial charge in [-0.25, -0.2) is 0 Å². The third kappa shape index (κ3) is 4.35. The average Bonchev–Trinajstić information content (AvgIpc) is 3.33. The van der Waals surface area contributed by atoms with Gasteiger partial charge in [0.25, 0.3) is 5.91 Å². The van der Waals surface area contributed by atoms with Crippen molar-refractivity contribution in [3.63, 3.8) is 0 Å². The number of ether oxygens (including phenoxy) is 1. The maximum absolute atomic E-state index is 12.5. The van der Waals surface area contributed by atoms with Crippen LogP contribution in [0.15, 0.2) is 89.7 Å². The Hall–Kier alpha value is -3.86. The van der Waals surface area contributed by atoms with Crippen molar-refractivity contribution in [1.82, 2.24) is 10.3 Å². The predicted molar refractivity (Wildman–Crippen MR) is 112 cm³/mol. The Balaban J connectivity index is 1.38. The number of furan rings is 1. The molecule has 0 aliphatic heterocycles. The number of nitrogens with zero attached hydrogens (tertiary/aromatic N) is 1. The lowest BCUT2D eigenvalue weighted by molar-refractivity contribution is 0.0951. The highest BCUT2D eigenvalue weighted by Gasteiger charge is 2.07. The number of amides is 1. The first-order valence-electron chi connectivity index (χ1n) is 9.24. The van der Waals surface area contributed by atoms with E-state index in [2.05, 4.69) is 10.3 Å². The molecule has 4 aromatic rings. The SMILES string of the molecule is COc1cccc(-c2ccc(C(=O)NCc3ccc(-c4ccco4)nc3)cc2)c1. The third-order valence-electron chi connectivity index (χ3n) is 4.60. The number of methoxy groups -OCH3 is 1. The molecular formula is C24H20N2O3. The van der Waals surface area contributed by atoms with Crippen molar-refractivity contribution < 1.29 is 13.9 Å². The molecule has 0 saturated carbocycles. The Labute approximate surface area is 169 Å². The van der Waals surface area contributed by atoms with E-state index in [0.29, 0.717) is 12.1 Å². The van der Waals surface area contributed by atoms with Gasteiger partial charge >= 0.3 is 0 Å². The number of nitrogens with one attached hydrogen (secondary N) is 1. The van der Waals surface area contributed by atoms with E-state index in [4.69, 9.17) is 9.15 Å². The number of aromatic nitrogens is 1. The summed E-state index contributed by atoms with van der Waals surface area (Å²) in [5.74, 6) is 1.39. The zero-order chi connectivity index (χ0) is 20.1. The molecule has 5 nitrogen and oxygen atoms in total. The molecule has 2 aromatic carbocycles. The molecule has 5 heteroatoms. The second kappa shape index (κ2) is 8.44. The lowest BCUT2D eigenvalue weighted by Gasteiger charge is -2.08. The summed E-state index contributed by atoms with van der Waals surface area (Å²) in [6.45, 7) is 0.405. The molecule has 2 heterocycles. The minimum Gasteiger partial charge on any atom is -0.497 e.